The van der Waals surface area contributed by atoms with Crippen LogP contribution in [0.15, 0.2) is 40.4 Å². The van der Waals surface area contributed by atoms with Gasteiger partial charge in [0.25, 0.3) is 0 Å². The number of carbonyl (C=O) groups excluding carboxylic acids is 1. The third-order valence-corrected chi connectivity index (χ3v) is 5.98. The molecule has 0 aliphatic carbocycles. The first kappa shape index (κ1) is 18.9. The second kappa shape index (κ2) is 7.56. The summed E-state index contributed by atoms with van der Waals surface area (Å²) < 4.78 is 41.3. The fourth-order valence-corrected chi connectivity index (χ4v) is 4.72. The summed E-state index contributed by atoms with van der Waals surface area (Å²) in [6, 6.07) is 6.11. The van der Waals surface area contributed by atoms with Gasteiger partial charge in [-0.15, -0.1) is 24.5 Å². The molecule has 0 atom stereocenters. The van der Waals surface area contributed by atoms with Crippen molar-refractivity contribution in [3.05, 3.63) is 51.7 Å². The molecule has 0 N–H and O–H groups in total. The van der Waals surface area contributed by atoms with Crippen molar-refractivity contribution < 1.29 is 22.7 Å². The Morgan fingerprint density at radius 1 is 1.25 bits per heavy atom. The number of benzene rings is 1. The lowest BCUT2D eigenvalue weighted by atomic mass is 10.0. The fraction of sp³-hybridized carbons (Fsp3) is 0.263. The Hall–Kier alpha value is -2.39. The van der Waals surface area contributed by atoms with Crippen molar-refractivity contribution in [2.45, 2.75) is 25.6 Å². The van der Waals surface area contributed by atoms with E-state index in [1.165, 1.54) is 29.5 Å². The molecule has 0 saturated carbocycles. The molecule has 1 aliphatic rings. The zero-order valence-electron chi connectivity index (χ0n) is 14.5. The summed E-state index contributed by atoms with van der Waals surface area (Å²) in [5.41, 5.74) is 3.05. The summed E-state index contributed by atoms with van der Waals surface area (Å²) in [6.45, 7) is 0.535. The molecule has 2 aromatic heterocycles. The first-order chi connectivity index (χ1) is 13.4. The standard InChI is InChI=1S/C19H15F3N2O2S2/c20-19(21,22)26-15-3-4-16-12(8-15)2-1-6-24(16)17(25)9-14-11-28-18(23-14)13-5-7-27-10-13/h3-5,7-8,10-11H,1-2,6,9H2. The molecule has 0 fully saturated rings. The number of thiophene rings is 1. The minimum Gasteiger partial charge on any atom is -0.406 e. The monoisotopic (exact) mass is 424 g/mol. The molecule has 0 bridgehead atoms. The van der Waals surface area contributed by atoms with E-state index < -0.39 is 6.36 Å². The molecule has 0 saturated heterocycles. The van der Waals surface area contributed by atoms with Crippen LogP contribution < -0.4 is 9.64 Å². The first-order valence-electron chi connectivity index (χ1n) is 8.55. The number of hydrogen-bond acceptors (Lipinski definition) is 5. The number of alkyl halides is 3. The summed E-state index contributed by atoms with van der Waals surface area (Å²) in [5, 5.41) is 6.72. The van der Waals surface area contributed by atoms with E-state index in [2.05, 4.69) is 9.72 Å². The molecule has 146 valence electrons. The molecule has 0 unspecified atom stereocenters. The maximum atomic E-state index is 12.8. The summed E-state index contributed by atoms with van der Waals surface area (Å²) in [7, 11) is 0. The predicted molar refractivity (Wildman–Crippen MR) is 103 cm³/mol. The van der Waals surface area contributed by atoms with Crippen molar-refractivity contribution in [3.63, 3.8) is 0 Å². The van der Waals surface area contributed by atoms with Gasteiger partial charge in [0.1, 0.15) is 10.8 Å². The maximum Gasteiger partial charge on any atom is 0.573 e. The third kappa shape index (κ3) is 4.20. The summed E-state index contributed by atoms with van der Waals surface area (Å²) >= 11 is 3.08. The number of nitrogens with zero attached hydrogens (tertiary/aromatic N) is 2. The molecule has 0 spiro atoms. The molecule has 3 heterocycles. The lowest BCUT2D eigenvalue weighted by molar-refractivity contribution is -0.274. The zero-order chi connectivity index (χ0) is 19.7. The smallest absolute Gasteiger partial charge is 0.406 e. The Labute approximate surface area is 167 Å². The van der Waals surface area contributed by atoms with Gasteiger partial charge in [-0.05, 0) is 48.1 Å². The highest BCUT2D eigenvalue weighted by Crippen LogP contribution is 2.33. The molecule has 4 rings (SSSR count). The number of halogens is 3. The van der Waals surface area contributed by atoms with E-state index in [0.29, 0.717) is 36.3 Å². The van der Waals surface area contributed by atoms with Gasteiger partial charge in [0, 0.05) is 28.6 Å². The average Bonchev–Trinajstić information content (AvgIpc) is 3.31. The van der Waals surface area contributed by atoms with E-state index in [1.807, 2.05) is 22.2 Å². The lowest BCUT2D eigenvalue weighted by Crippen LogP contribution is -2.36. The summed E-state index contributed by atoms with van der Waals surface area (Å²) in [6.07, 6.45) is -3.29. The normalized spacial score (nSPS) is 14.0. The van der Waals surface area contributed by atoms with Gasteiger partial charge in [-0.25, -0.2) is 4.98 Å². The largest absolute Gasteiger partial charge is 0.573 e. The maximum absolute atomic E-state index is 12.8. The number of fused-ring (bicyclic) bond motifs is 1. The Balaban J connectivity index is 1.50. The number of aryl methyl sites for hydroxylation is 1. The molecular weight excluding hydrogens is 409 g/mol. The molecular formula is C19H15F3N2O2S2. The second-order valence-corrected chi connectivity index (χ2v) is 7.96. The first-order valence-corrected chi connectivity index (χ1v) is 10.4. The highest BCUT2D eigenvalue weighted by molar-refractivity contribution is 7.14. The van der Waals surface area contributed by atoms with Gasteiger partial charge >= 0.3 is 6.36 Å². The van der Waals surface area contributed by atoms with Crippen molar-refractivity contribution in [1.29, 1.82) is 0 Å². The second-order valence-electron chi connectivity index (χ2n) is 6.32. The number of ether oxygens (including phenoxy) is 1. The van der Waals surface area contributed by atoms with Crippen LogP contribution in [0.1, 0.15) is 17.7 Å². The number of rotatable bonds is 4. The van der Waals surface area contributed by atoms with Crippen LogP contribution >= 0.6 is 22.7 Å². The van der Waals surface area contributed by atoms with Gasteiger partial charge in [-0.3, -0.25) is 4.79 Å². The Morgan fingerprint density at radius 2 is 2.11 bits per heavy atom. The van der Waals surface area contributed by atoms with Crippen molar-refractivity contribution in [1.82, 2.24) is 4.98 Å². The van der Waals surface area contributed by atoms with Crippen molar-refractivity contribution in [2.24, 2.45) is 0 Å². The highest BCUT2D eigenvalue weighted by atomic mass is 32.1. The molecule has 1 aliphatic heterocycles. The molecule has 1 aromatic carbocycles. The number of hydrogen-bond donors (Lipinski definition) is 0. The van der Waals surface area contributed by atoms with Crippen LogP contribution in [-0.4, -0.2) is 23.8 Å². The van der Waals surface area contributed by atoms with E-state index in [9.17, 15) is 18.0 Å². The molecule has 1 amide bonds. The van der Waals surface area contributed by atoms with Gasteiger partial charge in [-0.2, -0.15) is 11.3 Å². The molecule has 9 heteroatoms. The van der Waals surface area contributed by atoms with Crippen LogP contribution in [0.5, 0.6) is 5.75 Å². The van der Waals surface area contributed by atoms with Crippen LogP contribution in [-0.2, 0) is 17.6 Å². The highest BCUT2D eigenvalue weighted by Gasteiger charge is 2.32. The predicted octanol–water partition coefficient (Wildman–Crippen LogP) is 5.29. The van der Waals surface area contributed by atoms with Gasteiger partial charge in [0.05, 0.1) is 12.1 Å². The van der Waals surface area contributed by atoms with E-state index in [1.54, 1.807) is 16.2 Å². The topological polar surface area (TPSA) is 42.4 Å². The van der Waals surface area contributed by atoms with Crippen LogP contribution in [0.25, 0.3) is 10.6 Å². The van der Waals surface area contributed by atoms with Crippen molar-refractivity contribution in [3.8, 4) is 16.3 Å². The average molecular weight is 424 g/mol. The van der Waals surface area contributed by atoms with Crippen LogP contribution in [0.2, 0.25) is 0 Å². The number of anilines is 1. The number of carbonyl (C=O) groups is 1. The Kier molecular flexibility index (Phi) is 5.11. The number of amides is 1. The van der Waals surface area contributed by atoms with Crippen molar-refractivity contribution in [2.75, 3.05) is 11.4 Å². The Morgan fingerprint density at radius 3 is 2.86 bits per heavy atom. The van der Waals surface area contributed by atoms with Crippen LogP contribution in [0, 0.1) is 0 Å². The minimum absolute atomic E-state index is 0.118. The molecule has 4 nitrogen and oxygen atoms in total. The summed E-state index contributed by atoms with van der Waals surface area (Å²) in [4.78, 5) is 19.0. The van der Waals surface area contributed by atoms with Gasteiger partial charge in [0.15, 0.2) is 0 Å². The molecule has 3 aromatic rings. The van der Waals surface area contributed by atoms with Crippen molar-refractivity contribution >= 4 is 34.3 Å². The van der Waals surface area contributed by atoms with Crippen LogP contribution in [0.3, 0.4) is 0 Å². The molecule has 28 heavy (non-hydrogen) atoms. The minimum atomic E-state index is -4.73. The Bertz CT molecular complexity index is 983. The quantitative estimate of drug-likeness (QED) is 0.571. The molecule has 0 radical (unpaired) electrons. The van der Waals surface area contributed by atoms with Crippen LogP contribution in [0.4, 0.5) is 18.9 Å². The van der Waals surface area contributed by atoms with Gasteiger partial charge < -0.3 is 9.64 Å². The van der Waals surface area contributed by atoms with E-state index >= 15 is 0 Å². The fourth-order valence-electron chi connectivity index (χ4n) is 3.19. The lowest BCUT2D eigenvalue weighted by Gasteiger charge is -2.29. The number of thiazole rings is 1. The number of aromatic nitrogens is 1. The van der Waals surface area contributed by atoms with Gasteiger partial charge in [0.2, 0.25) is 5.91 Å². The van der Waals surface area contributed by atoms with E-state index in [0.717, 1.165) is 10.6 Å². The van der Waals surface area contributed by atoms with Gasteiger partial charge in [-0.1, -0.05) is 0 Å². The van der Waals surface area contributed by atoms with E-state index in [-0.39, 0.29) is 18.1 Å². The third-order valence-electron chi connectivity index (χ3n) is 4.36. The zero-order valence-corrected chi connectivity index (χ0v) is 16.2. The van der Waals surface area contributed by atoms with E-state index in [4.69, 9.17) is 0 Å². The summed E-state index contributed by atoms with van der Waals surface area (Å²) in [5.74, 6) is -0.381. The SMILES string of the molecule is O=C(Cc1csc(-c2ccsc2)n1)N1CCCc2cc(OC(F)(F)F)ccc21.